The number of benzene rings is 1. The molecule has 30 heavy (non-hydrogen) atoms. The van der Waals surface area contributed by atoms with Crippen molar-refractivity contribution in [2.24, 2.45) is 0 Å². The van der Waals surface area contributed by atoms with Crippen molar-refractivity contribution in [1.29, 1.82) is 0 Å². The van der Waals surface area contributed by atoms with E-state index < -0.39 is 42.0 Å². The Morgan fingerprint density at radius 3 is 2.60 bits per heavy atom. The molecule has 0 unspecified atom stereocenters. The number of aromatic carboxylic acids is 1. The van der Waals surface area contributed by atoms with E-state index in [-0.39, 0.29) is 33.9 Å². The quantitative estimate of drug-likeness (QED) is 0.518. The van der Waals surface area contributed by atoms with Crippen LogP contribution in [0.2, 0.25) is 5.02 Å². The summed E-state index contributed by atoms with van der Waals surface area (Å²) in [5, 5.41) is 28.4. The smallest absolute Gasteiger partial charge is 0.341 e. The summed E-state index contributed by atoms with van der Waals surface area (Å²) < 4.78 is 20.9. The highest BCUT2D eigenvalue weighted by atomic mass is 35.5. The van der Waals surface area contributed by atoms with Gasteiger partial charge >= 0.3 is 5.97 Å². The minimum Gasteiger partial charge on any atom is -0.481 e. The van der Waals surface area contributed by atoms with Crippen LogP contribution >= 0.6 is 11.6 Å². The van der Waals surface area contributed by atoms with Gasteiger partial charge < -0.3 is 24.6 Å². The third kappa shape index (κ3) is 3.87. The third-order valence-electron chi connectivity index (χ3n) is 4.69. The zero-order valence-electron chi connectivity index (χ0n) is 15.8. The minimum atomic E-state index is -1.47. The van der Waals surface area contributed by atoms with E-state index in [0.29, 0.717) is 5.56 Å². The maximum absolute atomic E-state index is 14.4. The van der Waals surface area contributed by atoms with Gasteiger partial charge in [-0.25, -0.2) is 9.18 Å². The number of carboxylic acid groups (broad SMARTS) is 1. The van der Waals surface area contributed by atoms with Gasteiger partial charge in [0.05, 0.1) is 36.8 Å². The SMILES string of the molecule is COc1nc2c(cc1Cc1cccc(Cl)c1F)c(=O)c(C(=O)O)cn2C(CO)CO. The summed E-state index contributed by atoms with van der Waals surface area (Å²) in [5.41, 5.74) is -0.764. The fourth-order valence-corrected chi connectivity index (χ4v) is 3.35. The van der Waals surface area contributed by atoms with Crippen molar-refractivity contribution in [1.82, 2.24) is 9.55 Å². The molecule has 3 aromatic rings. The lowest BCUT2D eigenvalue weighted by Gasteiger charge is -2.20. The molecule has 158 valence electrons. The van der Waals surface area contributed by atoms with E-state index in [1.807, 2.05) is 0 Å². The van der Waals surface area contributed by atoms with Gasteiger partial charge in [0.2, 0.25) is 11.3 Å². The van der Waals surface area contributed by atoms with E-state index in [1.165, 1.54) is 29.9 Å². The van der Waals surface area contributed by atoms with Crippen molar-refractivity contribution < 1.29 is 29.2 Å². The van der Waals surface area contributed by atoms with Crippen LogP contribution in [0, 0.1) is 5.82 Å². The summed E-state index contributed by atoms with van der Waals surface area (Å²) in [6.45, 7) is -1.04. The predicted octanol–water partition coefficient (Wildman–Crippen LogP) is 2.01. The molecule has 0 saturated carbocycles. The van der Waals surface area contributed by atoms with Gasteiger partial charge in [-0.15, -0.1) is 0 Å². The summed E-state index contributed by atoms with van der Waals surface area (Å²) in [6.07, 6.45) is 1.01. The number of halogens is 2. The first-order valence-corrected chi connectivity index (χ1v) is 9.20. The molecule has 3 N–H and O–H groups in total. The van der Waals surface area contributed by atoms with Gasteiger partial charge in [-0.3, -0.25) is 4.79 Å². The molecule has 0 bridgehead atoms. The van der Waals surface area contributed by atoms with Crippen LogP contribution in [0.4, 0.5) is 4.39 Å². The van der Waals surface area contributed by atoms with Crippen LogP contribution in [-0.2, 0) is 6.42 Å². The Balaban J connectivity index is 2.31. The molecule has 0 spiro atoms. The van der Waals surface area contributed by atoms with Crippen molar-refractivity contribution in [3.05, 3.63) is 68.2 Å². The highest BCUT2D eigenvalue weighted by molar-refractivity contribution is 6.30. The molecule has 0 fully saturated rings. The molecule has 0 amide bonds. The normalized spacial score (nSPS) is 11.3. The van der Waals surface area contributed by atoms with Crippen LogP contribution in [0.3, 0.4) is 0 Å². The molecule has 0 aliphatic rings. The van der Waals surface area contributed by atoms with Crippen molar-refractivity contribution in [3.63, 3.8) is 0 Å². The molecule has 0 aliphatic carbocycles. The van der Waals surface area contributed by atoms with Gasteiger partial charge in [-0.05, 0) is 17.7 Å². The minimum absolute atomic E-state index is 0.0152. The van der Waals surface area contributed by atoms with Gasteiger partial charge in [-0.2, -0.15) is 4.98 Å². The van der Waals surface area contributed by atoms with Crippen LogP contribution < -0.4 is 10.2 Å². The number of rotatable bonds is 7. The number of aliphatic hydroxyl groups excluding tert-OH is 2. The van der Waals surface area contributed by atoms with Crippen molar-refractivity contribution in [3.8, 4) is 5.88 Å². The van der Waals surface area contributed by atoms with E-state index in [2.05, 4.69) is 4.98 Å². The molecule has 2 aromatic heterocycles. The Morgan fingerprint density at radius 2 is 2.00 bits per heavy atom. The fraction of sp³-hybridized carbons (Fsp3) is 0.250. The lowest BCUT2D eigenvalue weighted by atomic mass is 10.0. The van der Waals surface area contributed by atoms with Gasteiger partial charge in [0.25, 0.3) is 0 Å². The molecule has 8 nitrogen and oxygen atoms in total. The second kappa shape index (κ2) is 8.78. The Bertz CT molecular complexity index is 1180. The van der Waals surface area contributed by atoms with Gasteiger partial charge in [0.15, 0.2) is 0 Å². The highest BCUT2D eigenvalue weighted by Crippen LogP contribution is 2.27. The molecule has 0 atom stereocenters. The first kappa shape index (κ1) is 21.7. The van der Waals surface area contributed by atoms with Crippen LogP contribution in [0.25, 0.3) is 11.0 Å². The lowest BCUT2D eigenvalue weighted by molar-refractivity contribution is 0.0693. The monoisotopic (exact) mass is 436 g/mol. The molecule has 0 aliphatic heterocycles. The molecule has 3 rings (SSSR count). The summed E-state index contributed by atoms with van der Waals surface area (Å²) in [6, 6.07) is 4.94. The number of methoxy groups -OCH3 is 1. The molecule has 0 saturated heterocycles. The lowest BCUT2D eigenvalue weighted by Crippen LogP contribution is -2.25. The topological polar surface area (TPSA) is 122 Å². The zero-order chi connectivity index (χ0) is 22.0. The van der Waals surface area contributed by atoms with Crippen molar-refractivity contribution in [2.45, 2.75) is 12.5 Å². The maximum atomic E-state index is 14.4. The molecular weight excluding hydrogens is 419 g/mol. The van der Waals surface area contributed by atoms with Gasteiger partial charge in [0.1, 0.15) is 17.0 Å². The highest BCUT2D eigenvalue weighted by Gasteiger charge is 2.22. The summed E-state index contributed by atoms with van der Waals surface area (Å²) in [5.74, 6) is -2.02. The average molecular weight is 437 g/mol. The van der Waals surface area contributed by atoms with E-state index in [4.69, 9.17) is 16.3 Å². The van der Waals surface area contributed by atoms with Crippen molar-refractivity contribution >= 4 is 28.6 Å². The molecule has 1 aromatic carbocycles. The number of nitrogens with zero attached hydrogens (tertiary/aromatic N) is 2. The number of carbonyl (C=O) groups is 1. The summed E-state index contributed by atoms with van der Waals surface area (Å²) >= 11 is 5.83. The standard InChI is InChI=1S/C20H18ClFN2O6/c1-30-19-11(5-10-3-2-4-15(21)16(10)22)6-13-17(27)14(20(28)29)7-24(18(13)23-19)12(8-25)9-26/h2-4,6-7,12,25-26H,5,8-9H2,1H3,(H,28,29). The predicted molar refractivity (Wildman–Crippen MR) is 107 cm³/mol. The zero-order valence-corrected chi connectivity index (χ0v) is 16.6. The number of fused-ring (bicyclic) bond motifs is 1. The molecule has 2 heterocycles. The van der Waals surface area contributed by atoms with E-state index in [9.17, 15) is 29.3 Å². The molecular formula is C20H18ClFN2O6. The number of aromatic nitrogens is 2. The Morgan fingerprint density at radius 1 is 1.30 bits per heavy atom. The number of aliphatic hydroxyl groups is 2. The second-order valence-electron chi connectivity index (χ2n) is 6.52. The van der Waals surface area contributed by atoms with Gasteiger partial charge in [-0.1, -0.05) is 23.7 Å². The van der Waals surface area contributed by atoms with E-state index >= 15 is 0 Å². The van der Waals surface area contributed by atoms with Crippen LogP contribution in [0.15, 0.2) is 35.3 Å². The molecule has 0 radical (unpaired) electrons. The number of carboxylic acids is 1. The Kier molecular flexibility index (Phi) is 6.35. The Hall–Kier alpha value is -3.01. The van der Waals surface area contributed by atoms with E-state index in [0.717, 1.165) is 6.20 Å². The average Bonchev–Trinajstić information content (AvgIpc) is 2.73. The van der Waals surface area contributed by atoms with E-state index in [1.54, 1.807) is 6.07 Å². The summed E-state index contributed by atoms with van der Waals surface area (Å²) in [7, 11) is 1.34. The maximum Gasteiger partial charge on any atom is 0.341 e. The molecule has 10 heteroatoms. The first-order chi connectivity index (χ1) is 14.3. The van der Waals surface area contributed by atoms with Crippen LogP contribution in [0.1, 0.15) is 27.5 Å². The Labute approximate surface area is 174 Å². The van der Waals surface area contributed by atoms with Crippen LogP contribution in [0.5, 0.6) is 5.88 Å². The van der Waals surface area contributed by atoms with Crippen LogP contribution in [-0.4, -0.2) is 51.2 Å². The summed E-state index contributed by atoms with van der Waals surface area (Å²) in [4.78, 5) is 28.6. The fourth-order valence-electron chi connectivity index (χ4n) is 3.15. The number of ether oxygens (including phenoxy) is 1. The van der Waals surface area contributed by atoms with Crippen molar-refractivity contribution in [2.75, 3.05) is 20.3 Å². The number of hydrogen-bond donors (Lipinski definition) is 3. The first-order valence-electron chi connectivity index (χ1n) is 8.83. The second-order valence-corrected chi connectivity index (χ2v) is 6.93. The third-order valence-corrected chi connectivity index (χ3v) is 4.99. The number of hydrogen-bond acceptors (Lipinski definition) is 6. The van der Waals surface area contributed by atoms with Gasteiger partial charge in [0, 0.05) is 18.2 Å². The largest absolute Gasteiger partial charge is 0.481 e. The number of pyridine rings is 2.